The minimum absolute atomic E-state index is 0.107. The van der Waals surface area contributed by atoms with Gasteiger partial charge in [0.15, 0.2) is 0 Å². The van der Waals surface area contributed by atoms with E-state index in [1.165, 1.54) is 18.4 Å². The van der Waals surface area contributed by atoms with Gasteiger partial charge in [-0.25, -0.2) is 0 Å². The summed E-state index contributed by atoms with van der Waals surface area (Å²) in [5, 5.41) is 14.3. The first kappa shape index (κ1) is 22.7. The quantitative estimate of drug-likeness (QED) is 0.676. The number of piperazine rings is 1. The third-order valence-corrected chi connectivity index (χ3v) is 7.86. The maximum absolute atomic E-state index is 12.7. The van der Waals surface area contributed by atoms with E-state index in [0.29, 0.717) is 13.1 Å². The maximum Gasteiger partial charge on any atom is 0.234 e. The van der Waals surface area contributed by atoms with E-state index in [4.69, 9.17) is 0 Å². The van der Waals surface area contributed by atoms with Gasteiger partial charge in [-0.2, -0.15) is 0 Å². The second-order valence-electron chi connectivity index (χ2n) is 9.96. The van der Waals surface area contributed by atoms with Crippen molar-refractivity contribution < 1.29 is 9.90 Å². The molecule has 2 aliphatic heterocycles. The number of likely N-dealkylation sites (tertiary alicyclic amines) is 1. The van der Waals surface area contributed by atoms with Gasteiger partial charge in [0, 0.05) is 44.2 Å². The van der Waals surface area contributed by atoms with Gasteiger partial charge in [-0.05, 0) is 64.2 Å². The Morgan fingerprint density at radius 2 is 1.71 bits per heavy atom. The fourth-order valence-corrected chi connectivity index (χ4v) is 5.76. The van der Waals surface area contributed by atoms with Crippen LogP contribution in [0.15, 0.2) is 30.3 Å². The van der Waals surface area contributed by atoms with Gasteiger partial charge in [-0.3, -0.25) is 14.6 Å². The molecule has 3 aliphatic rings. The summed E-state index contributed by atoms with van der Waals surface area (Å²) in [7, 11) is 2.17. The van der Waals surface area contributed by atoms with Crippen molar-refractivity contribution in [1.82, 2.24) is 20.0 Å². The average Bonchev–Trinajstić information content (AvgIpc) is 3.23. The molecule has 1 aliphatic carbocycles. The summed E-state index contributed by atoms with van der Waals surface area (Å²) < 4.78 is 0. The highest BCUT2D eigenvalue weighted by Crippen LogP contribution is 2.39. The van der Waals surface area contributed by atoms with Crippen LogP contribution < -0.4 is 5.32 Å². The molecule has 1 amide bonds. The number of amides is 1. The van der Waals surface area contributed by atoms with Gasteiger partial charge in [0.25, 0.3) is 0 Å². The molecule has 2 saturated heterocycles. The fourth-order valence-electron chi connectivity index (χ4n) is 5.76. The molecule has 0 radical (unpaired) electrons. The van der Waals surface area contributed by atoms with Crippen LogP contribution in [0.3, 0.4) is 0 Å². The second-order valence-corrected chi connectivity index (χ2v) is 9.96. The number of likely N-dealkylation sites (N-methyl/N-ethyl adjacent to an activating group) is 1. The van der Waals surface area contributed by atoms with E-state index in [0.717, 1.165) is 65.0 Å². The minimum atomic E-state index is -0.297. The molecule has 31 heavy (non-hydrogen) atoms. The standard InChI is InChI=1S/C25H40N4O2/c1-27-15-17-29(18-16-27)22-9-11-25(12-10-23(22)30,21-7-3-2-4-8-21)20-26-24(31)19-28-13-5-6-14-28/h2-4,7-8,22-23,30H,5-6,9-20H2,1H3,(H,26,31)/t22-,23-,25-/m0/s1. The molecule has 2 heterocycles. The third-order valence-electron chi connectivity index (χ3n) is 7.86. The molecular weight excluding hydrogens is 388 g/mol. The molecule has 172 valence electrons. The smallest absolute Gasteiger partial charge is 0.234 e. The Kier molecular flexibility index (Phi) is 7.64. The lowest BCUT2D eigenvalue weighted by atomic mass is 9.74. The topological polar surface area (TPSA) is 59.0 Å². The SMILES string of the molecule is CN1CCN([C@H]2CC[C@](CNC(=O)CN3CCCC3)(c3ccccc3)CC[C@@H]2O)CC1. The van der Waals surface area contributed by atoms with Crippen LogP contribution in [0.2, 0.25) is 0 Å². The molecular formula is C25H40N4O2. The van der Waals surface area contributed by atoms with Crippen molar-refractivity contribution in [3.63, 3.8) is 0 Å². The Balaban J connectivity index is 1.45. The van der Waals surface area contributed by atoms with E-state index < -0.39 is 0 Å². The highest BCUT2D eigenvalue weighted by molar-refractivity contribution is 5.78. The van der Waals surface area contributed by atoms with Gasteiger partial charge >= 0.3 is 0 Å². The number of hydrogen-bond acceptors (Lipinski definition) is 5. The number of carbonyl (C=O) groups is 1. The van der Waals surface area contributed by atoms with E-state index in [9.17, 15) is 9.90 Å². The molecule has 3 atom stereocenters. The summed E-state index contributed by atoms with van der Waals surface area (Å²) in [5.74, 6) is 0.137. The number of carbonyl (C=O) groups excluding carboxylic acids is 1. The molecule has 0 aromatic heterocycles. The second kappa shape index (κ2) is 10.4. The van der Waals surface area contributed by atoms with Gasteiger partial charge in [-0.1, -0.05) is 30.3 Å². The van der Waals surface area contributed by atoms with Gasteiger partial charge in [0.2, 0.25) is 5.91 Å². The summed E-state index contributed by atoms with van der Waals surface area (Å²) in [6.45, 7) is 7.45. The highest BCUT2D eigenvalue weighted by atomic mass is 16.3. The molecule has 1 aromatic carbocycles. The van der Waals surface area contributed by atoms with E-state index in [-0.39, 0.29) is 23.5 Å². The van der Waals surface area contributed by atoms with Gasteiger partial charge in [0.05, 0.1) is 12.6 Å². The monoisotopic (exact) mass is 428 g/mol. The Morgan fingerprint density at radius 3 is 2.42 bits per heavy atom. The zero-order valence-corrected chi connectivity index (χ0v) is 19.1. The first-order valence-corrected chi connectivity index (χ1v) is 12.2. The van der Waals surface area contributed by atoms with Crippen molar-refractivity contribution >= 4 is 5.91 Å². The number of aliphatic hydroxyl groups excluding tert-OH is 1. The molecule has 6 nitrogen and oxygen atoms in total. The van der Waals surface area contributed by atoms with E-state index >= 15 is 0 Å². The lowest BCUT2D eigenvalue weighted by Crippen LogP contribution is -2.52. The van der Waals surface area contributed by atoms with Crippen molar-refractivity contribution in [2.45, 2.75) is 56.1 Å². The van der Waals surface area contributed by atoms with Gasteiger partial charge < -0.3 is 15.3 Å². The molecule has 4 rings (SSSR count). The summed E-state index contributed by atoms with van der Waals surface area (Å²) in [4.78, 5) is 19.8. The fraction of sp³-hybridized carbons (Fsp3) is 0.720. The Hall–Kier alpha value is -1.47. The van der Waals surface area contributed by atoms with Crippen molar-refractivity contribution in [1.29, 1.82) is 0 Å². The predicted octanol–water partition coefficient (Wildman–Crippen LogP) is 1.69. The van der Waals surface area contributed by atoms with Crippen LogP contribution in [-0.4, -0.2) is 97.3 Å². The maximum atomic E-state index is 12.7. The number of nitrogens with zero attached hydrogens (tertiary/aromatic N) is 3. The number of nitrogens with one attached hydrogen (secondary N) is 1. The lowest BCUT2D eigenvalue weighted by molar-refractivity contribution is -0.122. The van der Waals surface area contributed by atoms with Crippen LogP contribution >= 0.6 is 0 Å². The van der Waals surface area contributed by atoms with E-state index in [2.05, 4.69) is 57.4 Å². The first-order valence-electron chi connectivity index (χ1n) is 12.2. The first-order chi connectivity index (χ1) is 15.1. The predicted molar refractivity (Wildman–Crippen MR) is 124 cm³/mol. The highest BCUT2D eigenvalue weighted by Gasteiger charge is 2.40. The average molecular weight is 429 g/mol. The molecule has 0 spiro atoms. The number of hydrogen-bond donors (Lipinski definition) is 2. The van der Waals surface area contributed by atoms with Gasteiger partial charge in [-0.15, -0.1) is 0 Å². The molecule has 1 aromatic rings. The van der Waals surface area contributed by atoms with Crippen LogP contribution in [0.4, 0.5) is 0 Å². The zero-order chi connectivity index (χ0) is 21.7. The van der Waals surface area contributed by atoms with Crippen molar-refractivity contribution in [3.8, 4) is 0 Å². The number of rotatable bonds is 6. The normalized spacial score (nSPS) is 31.4. The Bertz CT molecular complexity index is 701. The van der Waals surface area contributed by atoms with Crippen LogP contribution in [-0.2, 0) is 10.2 Å². The molecule has 0 unspecified atom stereocenters. The van der Waals surface area contributed by atoms with Crippen molar-refractivity contribution in [2.24, 2.45) is 0 Å². The van der Waals surface area contributed by atoms with Crippen molar-refractivity contribution in [3.05, 3.63) is 35.9 Å². The Morgan fingerprint density at radius 1 is 1.03 bits per heavy atom. The summed E-state index contributed by atoms with van der Waals surface area (Å²) >= 11 is 0. The molecule has 2 N–H and O–H groups in total. The summed E-state index contributed by atoms with van der Waals surface area (Å²) in [6, 6.07) is 10.9. The molecule has 6 heteroatoms. The lowest BCUT2D eigenvalue weighted by Gasteiger charge is -2.39. The van der Waals surface area contributed by atoms with Crippen LogP contribution in [0.5, 0.6) is 0 Å². The van der Waals surface area contributed by atoms with Crippen molar-refractivity contribution in [2.75, 3.05) is 59.4 Å². The summed E-state index contributed by atoms with van der Waals surface area (Å²) in [5.41, 5.74) is 1.19. The van der Waals surface area contributed by atoms with E-state index in [1.807, 2.05) is 0 Å². The van der Waals surface area contributed by atoms with E-state index in [1.54, 1.807) is 0 Å². The Labute approximate surface area is 187 Å². The zero-order valence-electron chi connectivity index (χ0n) is 19.1. The molecule has 0 bridgehead atoms. The van der Waals surface area contributed by atoms with Crippen LogP contribution in [0.25, 0.3) is 0 Å². The minimum Gasteiger partial charge on any atom is -0.391 e. The third kappa shape index (κ3) is 5.67. The van der Waals surface area contributed by atoms with Crippen LogP contribution in [0, 0.1) is 0 Å². The summed E-state index contributed by atoms with van der Waals surface area (Å²) in [6.07, 6.45) is 5.77. The number of benzene rings is 1. The molecule has 3 fully saturated rings. The largest absolute Gasteiger partial charge is 0.391 e. The van der Waals surface area contributed by atoms with Gasteiger partial charge in [0.1, 0.15) is 0 Å². The molecule has 1 saturated carbocycles. The number of aliphatic hydroxyl groups is 1. The van der Waals surface area contributed by atoms with Crippen LogP contribution in [0.1, 0.15) is 44.1 Å².